The lowest BCUT2D eigenvalue weighted by Gasteiger charge is -2.07. The molecule has 0 aliphatic carbocycles. The van der Waals surface area contributed by atoms with Crippen molar-refractivity contribution >= 4 is 33.5 Å². The Balaban J connectivity index is 1.65. The van der Waals surface area contributed by atoms with Crippen molar-refractivity contribution < 1.29 is 9.53 Å². The van der Waals surface area contributed by atoms with Crippen LogP contribution in [0.15, 0.2) is 53.3 Å². The van der Waals surface area contributed by atoms with Gasteiger partial charge in [0.25, 0.3) is 11.5 Å². The number of para-hydroxylation sites is 1. The zero-order valence-electron chi connectivity index (χ0n) is 15.7. The second-order valence-corrected chi connectivity index (χ2v) is 7.56. The summed E-state index contributed by atoms with van der Waals surface area (Å²) in [5.41, 5.74) is 2.42. The monoisotopic (exact) mass is 404 g/mol. The van der Waals surface area contributed by atoms with Crippen molar-refractivity contribution in [2.45, 2.75) is 6.92 Å². The molecule has 1 amide bonds. The number of anilines is 1. The number of likely N-dealkylation sites (N-methyl/N-ethyl adjacent to an activating group) is 1. The normalized spacial score (nSPS) is 15.2. The van der Waals surface area contributed by atoms with Gasteiger partial charge in [-0.15, -0.1) is 5.10 Å². The Hall–Kier alpha value is -3.52. The topological polar surface area (TPSA) is 76.8 Å². The number of rotatable bonds is 3. The molecule has 0 radical (unpaired) electrons. The number of carbonyl (C=O) groups is 1. The first kappa shape index (κ1) is 17.6. The van der Waals surface area contributed by atoms with Crippen molar-refractivity contribution in [1.82, 2.24) is 14.6 Å². The lowest BCUT2D eigenvalue weighted by Crippen LogP contribution is -2.30. The predicted molar refractivity (Wildman–Crippen MR) is 111 cm³/mol. The second-order valence-electron chi connectivity index (χ2n) is 6.58. The molecule has 3 heterocycles. The van der Waals surface area contributed by atoms with Gasteiger partial charge in [-0.25, -0.2) is 0 Å². The maximum Gasteiger partial charge on any atom is 0.291 e. The average Bonchev–Trinajstić information content (AvgIpc) is 3.36. The van der Waals surface area contributed by atoms with E-state index in [-0.39, 0.29) is 11.5 Å². The van der Waals surface area contributed by atoms with Gasteiger partial charge in [0, 0.05) is 18.2 Å². The lowest BCUT2D eigenvalue weighted by molar-refractivity contribution is -0.112. The van der Waals surface area contributed by atoms with Gasteiger partial charge in [-0.1, -0.05) is 29.5 Å². The highest BCUT2D eigenvalue weighted by Gasteiger charge is 2.31. The van der Waals surface area contributed by atoms with E-state index in [0.29, 0.717) is 27.5 Å². The number of fused-ring (bicyclic) bond motifs is 2. The summed E-state index contributed by atoms with van der Waals surface area (Å²) in [4.78, 5) is 32.3. The number of benzene rings is 2. The third-order valence-electron chi connectivity index (χ3n) is 4.86. The molecule has 2 aromatic carbocycles. The van der Waals surface area contributed by atoms with Crippen molar-refractivity contribution in [3.8, 4) is 17.1 Å². The molecular weight excluding hydrogens is 388 g/mol. The minimum Gasteiger partial charge on any atom is -0.494 e. The maximum atomic E-state index is 13.0. The largest absolute Gasteiger partial charge is 0.494 e. The summed E-state index contributed by atoms with van der Waals surface area (Å²) in [6.07, 6.45) is 0. The van der Waals surface area contributed by atoms with E-state index >= 15 is 0 Å². The summed E-state index contributed by atoms with van der Waals surface area (Å²) in [7, 11) is 1.71. The summed E-state index contributed by atoms with van der Waals surface area (Å²) in [6.45, 7) is 2.52. The fourth-order valence-electron chi connectivity index (χ4n) is 3.46. The maximum absolute atomic E-state index is 13.0. The van der Waals surface area contributed by atoms with Crippen LogP contribution in [0.4, 0.5) is 5.69 Å². The number of hydrogen-bond acceptors (Lipinski definition) is 6. The van der Waals surface area contributed by atoms with E-state index in [1.54, 1.807) is 11.9 Å². The molecule has 5 rings (SSSR count). The van der Waals surface area contributed by atoms with E-state index in [0.717, 1.165) is 22.6 Å². The van der Waals surface area contributed by atoms with Crippen LogP contribution >= 0.6 is 11.3 Å². The van der Waals surface area contributed by atoms with Gasteiger partial charge in [-0.2, -0.15) is 9.50 Å². The van der Waals surface area contributed by atoms with E-state index in [1.807, 2.05) is 55.5 Å². The summed E-state index contributed by atoms with van der Waals surface area (Å²) in [5.74, 6) is 1.03. The molecule has 0 atom stereocenters. The molecular formula is C21H16N4O3S. The molecule has 0 N–H and O–H groups in total. The van der Waals surface area contributed by atoms with E-state index in [4.69, 9.17) is 4.74 Å². The van der Waals surface area contributed by atoms with Crippen LogP contribution < -0.4 is 19.7 Å². The fourth-order valence-corrected chi connectivity index (χ4v) is 4.46. The summed E-state index contributed by atoms with van der Waals surface area (Å²) >= 11 is 1.18. The molecule has 2 aromatic heterocycles. The van der Waals surface area contributed by atoms with E-state index < -0.39 is 0 Å². The molecule has 0 bridgehead atoms. The van der Waals surface area contributed by atoms with Crippen molar-refractivity contribution in [3.05, 3.63) is 69.0 Å². The van der Waals surface area contributed by atoms with Gasteiger partial charge < -0.3 is 9.64 Å². The number of hydrogen-bond donors (Lipinski definition) is 0. The van der Waals surface area contributed by atoms with Gasteiger partial charge in [0.05, 0.1) is 17.9 Å². The fraction of sp³-hybridized carbons (Fsp3) is 0.143. The van der Waals surface area contributed by atoms with E-state index in [1.165, 1.54) is 15.9 Å². The molecule has 0 spiro atoms. The van der Waals surface area contributed by atoms with Gasteiger partial charge in [-0.3, -0.25) is 9.59 Å². The Kier molecular flexibility index (Phi) is 3.95. The highest BCUT2D eigenvalue weighted by molar-refractivity contribution is 7.15. The van der Waals surface area contributed by atoms with Crippen LogP contribution in [0.2, 0.25) is 0 Å². The second kappa shape index (κ2) is 6.52. The zero-order valence-corrected chi connectivity index (χ0v) is 16.6. The Morgan fingerprint density at radius 2 is 1.83 bits per heavy atom. The van der Waals surface area contributed by atoms with Crippen molar-refractivity contribution in [1.29, 1.82) is 0 Å². The molecule has 0 saturated carbocycles. The minimum absolute atomic E-state index is 0.195. The van der Waals surface area contributed by atoms with Gasteiger partial charge in [0.1, 0.15) is 10.3 Å². The third-order valence-corrected chi connectivity index (χ3v) is 5.89. The number of thiazole rings is 1. The molecule has 1 aliphatic heterocycles. The Morgan fingerprint density at radius 3 is 2.55 bits per heavy atom. The Morgan fingerprint density at radius 1 is 1.07 bits per heavy atom. The van der Waals surface area contributed by atoms with Crippen LogP contribution in [0.25, 0.3) is 21.9 Å². The standard InChI is InChI=1S/C21H16N4O3S/c1-3-28-13-10-8-12(9-11-13)18-22-21-25(23-18)20(27)17(29-21)16-14-6-4-5-7-15(14)24(2)19(16)26/h4-11H,3H2,1-2H3. The predicted octanol–water partition coefficient (Wildman–Crippen LogP) is 2.11. The molecule has 0 saturated heterocycles. The SMILES string of the molecule is CCOc1ccc(-c2nc3sc(=C4C(=O)N(C)c5ccccc54)c(=O)n3n2)cc1. The van der Waals surface area contributed by atoms with Crippen LogP contribution in [-0.2, 0) is 4.79 Å². The number of carbonyl (C=O) groups excluding carboxylic acids is 1. The van der Waals surface area contributed by atoms with Crippen molar-refractivity contribution in [2.75, 3.05) is 18.6 Å². The summed E-state index contributed by atoms with van der Waals surface area (Å²) in [5, 5.41) is 4.37. The van der Waals surface area contributed by atoms with Gasteiger partial charge in [0.2, 0.25) is 4.96 Å². The first-order valence-electron chi connectivity index (χ1n) is 9.13. The number of ether oxygens (including phenoxy) is 1. The van der Waals surface area contributed by atoms with Crippen LogP contribution in [0.3, 0.4) is 0 Å². The van der Waals surface area contributed by atoms with Crippen LogP contribution in [0.5, 0.6) is 5.75 Å². The number of aromatic nitrogens is 3. The van der Waals surface area contributed by atoms with Crippen LogP contribution in [-0.4, -0.2) is 34.2 Å². The Bertz CT molecular complexity index is 1370. The van der Waals surface area contributed by atoms with Gasteiger partial charge in [0.15, 0.2) is 5.82 Å². The molecule has 144 valence electrons. The van der Waals surface area contributed by atoms with Gasteiger partial charge >= 0.3 is 0 Å². The Labute approximate surface area is 169 Å². The average molecular weight is 404 g/mol. The molecule has 8 heteroatoms. The molecule has 0 fully saturated rings. The summed E-state index contributed by atoms with van der Waals surface area (Å²) < 4.78 is 7.08. The molecule has 1 aliphatic rings. The number of amides is 1. The van der Waals surface area contributed by atoms with E-state index in [2.05, 4.69) is 10.1 Å². The lowest BCUT2D eigenvalue weighted by atomic mass is 10.1. The quantitative estimate of drug-likeness (QED) is 0.523. The van der Waals surface area contributed by atoms with E-state index in [9.17, 15) is 9.59 Å². The molecule has 29 heavy (non-hydrogen) atoms. The van der Waals surface area contributed by atoms with Crippen LogP contribution in [0, 0.1) is 0 Å². The highest BCUT2D eigenvalue weighted by Crippen LogP contribution is 2.33. The zero-order chi connectivity index (χ0) is 20.1. The molecule has 4 aromatic rings. The minimum atomic E-state index is -0.330. The third kappa shape index (κ3) is 2.64. The van der Waals surface area contributed by atoms with Crippen molar-refractivity contribution in [3.63, 3.8) is 0 Å². The van der Waals surface area contributed by atoms with Crippen molar-refractivity contribution in [2.24, 2.45) is 0 Å². The first-order valence-corrected chi connectivity index (χ1v) is 9.94. The number of nitrogens with zero attached hydrogens (tertiary/aromatic N) is 4. The first-order chi connectivity index (χ1) is 14.1. The van der Waals surface area contributed by atoms with Crippen LogP contribution in [0.1, 0.15) is 12.5 Å². The van der Waals surface area contributed by atoms with Gasteiger partial charge in [-0.05, 0) is 37.3 Å². The molecule has 0 unspecified atom stereocenters. The summed E-state index contributed by atoms with van der Waals surface area (Å²) in [6, 6.07) is 14.9. The smallest absolute Gasteiger partial charge is 0.291 e. The highest BCUT2D eigenvalue weighted by atomic mass is 32.1. The molecule has 7 nitrogen and oxygen atoms in total.